The molecule has 50 valence electrons. The van der Waals surface area contributed by atoms with Gasteiger partial charge in [0.05, 0.1) is 6.61 Å². The zero-order valence-corrected chi connectivity index (χ0v) is 5.22. The predicted molar refractivity (Wildman–Crippen MR) is 29.7 cm³/mol. The van der Waals surface area contributed by atoms with Crippen LogP contribution in [0.25, 0.3) is 0 Å². The van der Waals surface area contributed by atoms with Gasteiger partial charge in [-0.25, -0.2) is 0 Å². The zero-order chi connectivity index (χ0) is 6.85. The van der Waals surface area contributed by atoms with E-state index in [1.54, 1.807) is 0 Å². The average Bonchev–Trinajstić information content (AvgIpc) is 2.13. The molecule has 0 aromatic carbocycles. The van der Waals surface area contributed by atoms with Crippen LogP contribution in [-0.4, -0.2) is 18.4 Å². The van der Waals surface area contributed by atoms with Crippen molar-refractivity contribution in [1.29, 1.82) is 0 Å². The van der Waals surface area contributed by atoms with Gasteiger partial charge in [0, 0.05) is 6.42 Å². The molecule has 1 atom stereocenters. The van der Waals surface area contributed by atoms with Crippen molar-refractivity contribution in [2.75, 3.05) is 6.61 Å². The van der Waals surface area contributed by atoms with Gasteiger partial charge in [0.15, 0.2) is 0 Å². The van der Waals surface area contributed by atoms with Crippen molar-refractivity contribution in [3.8, 4) is 0 Å². The van der Waals surface area contributed by atoms with Crippen molar-refractivity contribution in [3.05, 3.63) is 0 Å². The summed E-state index contributed by atoms with van der Waals surface area (Å²) >= 11 is 0. The van der Waals surface area contributed by atoms with Gasteiger partial charge in [0.25, 0.3) is 0 Å². The fourth-order valence-electron chi connectivity index (χ4n) is 0.865. The van der Waals surface area contributed by atoms with E-state index in [1.807, 2.05) is 0 Å². The number of carbonyl (C=O) groups is 2. The molecular formula is C6H8O3. The van der Waals surface area contributed by atoms with Crippen LogP contribution in [-0.2, 0) is 14.3 Å². The number of hydrogen-bond donors (Lipinski definition) is 0. The van der Waals surface area contributed by atoms with E-state index in [9.17, 15) is 9.59 Å². The minimum atomic E-state index is -0.468. The molecule has 1 fully saturated rings. The molecule has 1 rings (SSSR count). The lowest BCUT2D eigenvalue weighted by molar-refractivity contribution is -0.144. The summed E-state index contributed by atoms with van der Waals surface area (Å²) in [5, 5.41) is 0. The molecule has 0 aliphatic carbocycles. The minimum Gasteiger partial charge on any atom is -0.465 e. The van der Waals surface area contributed by atoms with Crippen molar-refractivity contribution in [1.82, 2.24) is 0 Å². The zero-order valence-electron chi connectivity index (χ0n) is 5.22. The average molecular weight is 132 g/mol. The number of ether oxygens (including phenoxy) is 1. The fraction of sp³-hybridized carbons (Fsp3) is 0.667. The van der Waals surface area contributed by atoms with Crippen LogP contribution in [0.15, 0.2) is 0 Å². The van der Waals surface area contributed by atoms with Crippen LogP contribution in [0.2, 0.25) is 0 Å². The van der Waals surface area contributed by atoms with Gasteiger partial charge in [0.2, 0.25) is 0 Å². The molecule has 0 aromatic rings. The summed E-state index contributed by atoms with van der Waals surface area (Å²) in [5.74, 6) is -0.912. The summed E-state index contributed by atoms with van der Waals surface area (Å²) < 4.78 is 4.57. The van der Waals surface area contributed by atoms with E-state index in [2.05, 4.69) is 4.74 Å². The van der Waals surface area contributed by atoms with Crippen LogP contribution in [0.4, 0.5) is 0 Å². The molecule has 9 heavy (non-hydrogen) atoms. The second-order valence-corrected chi connectivity index (χ2v) is 2.12. The number of rotatable bonds is 1. The van der Waals surface area contributed by atoms with Gasteiger partial charge in [-0.1, -0.05) is 0 Å². The molecule has 1 aliphatic rings. The highest BCUT2D eigenvalue weighted by molar-refractivity contribution is 5.98. The molecule has 0 N–H and O–H groups in total. The van der Waals surface area contributed by atoms with E-state index in [0.717, 1.165) is 0 Å². The minimum absolute atomic E-state index is 0.0856. The Labute approximate surface area is 53.0 Å². The van der Waals surface area contributed by atoms with Crippen molar-refractivity contribution in [3.63, 3.8) is 0 Å². The number of hydrogen-bond acceptors (Lipinski definition) is 3. The molecule has 3 nitrogen and oxygen atoms in total. The Morgan fingerprint density at radius 1 is 1.78 bits per heavy atom. The lowest BCUT2D eigenvalue weighted by atomic mass is 10.6. The van der Waals surface area contributed by atoms with Gasteiger partial charge in [-0.3, -0.25) is 9.59 Å². The number of cyclic esters (lactones) is 1. The largest absolute Gasteiger partial charge is 0.465 e. The quantitative estimate of drug-likeness (QED) is 0.289. The number of esters is 1. The number of carbonyl (C=O) groups excluding carboxylic acids is 2. The molecule has 0 amide bonds. The van der Waals surface area contributed by atoms with Gasteiger partial charge in [-0.15, -0.1) is 0 Å². The van der Waals surface area contributed by atoms with E-state index in [0.29, 0.717) is 13.0 Å². The van der Waals surface area contributed by atoms with E-state index in [4.69, 9.17) is 0 Å². The molecule has 0 radical (unpaired) electrons. The van der Waals surface area contributed by atoms with E-state index >= 15 is 0 Å². The van der Waals surface area contributed by atoms with Crippen LogP contribution in [0, 0.1) is 5.92 Å². The Morgan fingerprint density at radius 2 is 2.44 bits per heavy atom. The summed E-state index contributed by atoms with van der Waals surface area (Å²) in [5.41, 5.74) is 0. The molecule has 0 spiro atoms. The summed E-state index contributed by atoms with van der Waals surface area (Å²) in [4.78, 5) is 21.1. The van der Waals surface area contributed by atoms with Crippen LogP contribution in [0.1, 0.15) is 13.3 Å². The number of Topliss-reactive ketones (excluding diaryl/α,β-unsaturated/α-hetero) is 1. The van der Waals surface area contributed by atoms with Gasteiger partial charge in [-0.05, 0) is 6.92 Å². The maximum absolute atomic E-state index is 10.6. The lowest BCUT2D eigenvalue weighted by Crippen LogP contribution is -2.15. The summed E-state index contributed by atoms with van der Waals surface area (Å²) in [6, 6.07) is 0. The highest BCUT2D eigenvalue weighted by Gasteiger charge is 2.29. The Kier molecular flexibility index (Phi) is 1.51. The molecule has 1 heterocycles. The second-order valence-electron chi connectivity index (χ2n) is 2.12. The fourth-order valence-corrected chi connectivity index (χ4v) is 0.865. The smallest absolute Gasteiger partial charge is 0.316 e. The van der Waals surface area contributed by atoms with E-state index < -0.39 is 5.92 Å². The first-order valence-electron chi connectivity index (χ1n) is 2.89. The molecule has 1 unspecified atom stereocenters. The summed E-state index contributed by atoms with van der Waals surface area (Å²) in [7, 11) is 0. The normalized spacial score (nSPS) is 25.9. The highest BCUT2D eigenvalue weighted by Crippen LogP contribution is 2.14. The van der Waals surface area contributed by atoms with Gasteiger partial charge < -0.3 is 4.74 Å². The van der Waals surface area contributed by atoms with Crippen LogP contribution in [0.3, 0.4) is 0 Å². The maximum Gasteiger partial charge on any atom is 0.316 e. The number of ketones is 1. The standard InChI is InChI=1S/C6H8O3/c1-4(7)5-2-3-9-6(5)8/h5H,2-3H2,1H3/i1+1,4+1,5+1,6+1. The Hall–Kier alpha value is -0.860. The molecule has 0 aromatic heterocycles. The third-order valence-electron chi connectivity index (χ3n) is 1.43. The van der Waals surface area contributed by atoms with Gasteiger partial charge in [0.1, 0.15) is 11.7 Å². The van der Waals surface area contributed by atoms with Crippen molar-refractivity contribution in [2.45, 2.75) is 13.3 Å². The highest BCUT2D eigenvalue weighted by atomic mass is 16.6. The predicted octanol–water partition coefficient (Wildman–Crippen LogP) is 0.139. The topological polar surface area (TPSA) is 43.4 Å². The summed E-state index contributed by atoms with van der Waals surface area (Å²) in [6.07, 6.45) is 0.564. The first kappa shape index (κ1) is 6.26. The molecule has 1 aliphatic heterocycles. The second kappa shape index (κ2) is 2.17. The molecule has 3 heteroatoms. The van der Waals surface area contributed by atoms with Crippen LogP contribution >= 0.6 is 0 Å². The molecular weight excluding hydrogens is 124 g/mol. The van der Waals surface area contributed by atoms with Gasteiger partial charge >= 0.3 is 5.97 Å². The lowest BCUT2D eigenvalue weighted by Gasteiger charge is -1.95. The van der Waals surface area contributed by atoms with E-state index in [1.165, 1.54) is 6.92 Å². The van der Waals surface area contributed by atoms with Gasteiger partial charge in [-0.2, -0.15) is 0 Å². The third-order valence-corrected chi connectivity index (χ3v) is 1.43. The molecule has 1 saturated heterocycles. The Balaban J connectivity index is 2.60. The maximum atomic E-state index is 10.6. The Morgan fingerprint density at radius 3 is 2.67 bits per heavy atom. The third kappa shape index (κ3) is 1.09. The van der Waals surface area contributed by atoms with Crippen molar-refractivity contribution < 1.29 is 14.3 Å². The molecule has 0 bridgehead atoms. The van der Waals surface area contributed by atoms with Crippen molar-refractivity contribution in [2.24, 2.45) is 5.92 Å². The van der Waals surface area contributed by atoms with Crippen LogP contribution < -0.4 is 0 Å². The molecule has 0 saturated carbocycles. The summed E-state index contributed by atoms with van der Waals surface area (Å²) in [6.45, 7) is 1.82. The first-order valence-corrected chi connectivity index (χ1v) is 2.89. The first-order chi connectivity index (χ1) is 4.22. The SMILES string of the molecule is [13CH3][13C](=O)[13CH]1CCO[13C]1=O. The Bertz CT molecular complexity index is 150. The van der Waals surface area contributed by atoms with E-state index in [-0.39, 0.29) is 11.8 Å². The van der Waals surface area contributed by atoms with Crippen LogP contribution in [0.5, 0.6) is 0 Å². The van der Waals surface area contributed by atoms with Crippen molar-refractivity contribution >= 4 is 11.8 Å². The monoisotopic (exact) mass is 132 g/mol.